The van der Waals surface area contributed by atoms with Gasteiger partial charge in [-0.05, 0) is 50.5 Å². The minimum atomic E-state index is -0.566. The number of nitrogens with one attached hydrogen (secondary N) is 1. The lowest BCUT2D eigenvalue weighted by Crippen LogP contribution is -2.02. The molecule has 0 bridgehead atoms. The molecule has 2 heterocycles. The average Bonchev–Trinajstić information content (AvgIpc) is 3.14. The number of aromatic nitrogens is 3. The van der Waals surface area contributed by atoms with Gasteiger partial charge < -0.3 is 9.26 Å². The summed E-state index contributed by atoms with van der Waals surface area (Å²) in [6, 6.07) is 5.76. The summed E-state index contributed by atoms with van der Waals surface area (Å²) < 4.78 is 15.6. The zero-order chi connectivity index (χ0) is 17.1. The predicted molar refractivity (Wildman–Crippen MR) is 87.1 cm³/mol. The Balaban J connectivity index is 1.64. The molecule has 1 N–H and O–H groups in total. The van der Waals surface area contributed by atoms with Crippen LogP contribution in [0.4, 0.5) is 0 Å². The molecule has 0 saturated carbocycles. The first-order valence-electron chi connectivity index (χ1n) is 7.75. The number of nitrogens with zero attached hydrogens (tertiary/aromatic N) is 2. The summed E-state index contributed by atoms with van der Waals surface area (Å²) >= 11 is 0. The average molecular weight is 329 g/mol. The second-order valence-corrected chi connectivity index (χ2v) is 5.77. The third-order valence-corrected chi connectivity index (χ3v) is 3.66. The van der Waals surface area contributed by atoms with Gasteiger partial charge in [-0.25, -0.2) is 4.79 Å². The number of hydrogen-bond acceptors (Lipinski definition) is 6. The molecular formula is C17H19N3O4. The molecule has 2 aromatic heterocycles. The van der Waals surface area contributed by atoms with Gasteiger partial charge in [0, 0.05) is 18.1 Å². The van der Waals surface area contributed by atoms with Crippen LogP contribution in [0.1, 0.15) is 29.0 Å². The van der Waals surface area contributed by atoms with Gasteiger partial charge in [0.1, 0.15) is 11.5 Å². The van der Waals surface area contributed by atoms with E-state index in [-0.39, 0.29) is 0 Å². The minimum Gasteiger partial charge on any atom is -0.493 e. The Bertz CT molecular complexity index is 868. The number of aromatic amines is 1. The van der Waals surface area contributed by atoms with E-state index in [9.17, 15) is 4.79 Å². The van der Waals surface area contributed by atoms with E-state index in [1.54, 1.807) is 0 Å². The van der Waals surface area contributed by atoms with E-state index in [2.05, 4.69) is 19.8 Å². The van der Waals surface area contributed by atoms with Crippen LogP contribution >= 0.6 is 0 Å². The SMILES string of the molecule is Cc1cc(CCCOc2c(C)cc(-c3noc(=O)[nH]3)cc2C)on1. The molecule has 0 saturated heterocycles. The smallest absolute Gasteiger partial charge is 0.439 e. The Hall–Kier alpha value is -2.83. The summed E-state index contributed by atoms with van der Waals surface area (Å²) in [5.74, 6) is 1.56. The van der Waals surface area contributed by atoms with Gasteiger partial charge in [0.2, 0.25) is 0 Å². The molecule has 126 valence electrons. The fourth-order valence-corrected chi connectivity index (χ4v) is 2.62. The lowest BCUT2D eigenvalue weighted by atomic mass is 10.1. The van der Waals surface area contributed by atoms with E-state index in [0.29, 0.717) is 12.4 Å². The van der Waals surface area contributed by atoms with Gasteiger partial charge in [-0.1, -0.05) is 10.3 Å². The molecule has 0 atom stereocenters. The maximum Gasteiger partial charge on any atom is 0.439 e. The Morgan fingerprint density at radius 2 is 1.83 bits per heavy atom. The quantitative estimate of drug-likeness (QED) is 0.699. The predicted octanol–water partition coefficient (Wildman–Crippen LogP) is 2.95. The normalized spacial score (nSPS) is 11.0. The Morgan fingerprint density at radius 1 is 1.08 bits per heavy atom. The molecule has 1 aromatic carbocycles. The molecule has 0 fully saturated rings. The minimum absolute atomic E-state index is 0.415. The summed E-state index contributed by atoms with van der Waals surface area (Å²) in [6.07, 6.45) is 1.63. The zero-order valence-corrected chi connectivity index (χ0v) is 13.9. The van der Waals surface area contributed by atoms with E-state index < -0.39 is 5.76 Å². The molecule has 7 heteroatoms. The Labute approximate surface area is 138 Å². The van der Waals surface area contributed by atoms with Crippen molar-refractivity contribution in [1.29, 1.82) is 0 Å². The topological polar surface area (TPSA) is 94.2 Å². The fraction of sp³-hybridized carbons (Fsp3) is 0.353. The van der Waals surface area contributed by atoms with Crippen LogP contribution in [0.15, 0.2) is 32.0 Å². The van der Waals surface area contributed by atoms with Gasteiger partial charge in [0.25, 0.3) is 0 Å². The van der Waals surface area contributed by atoms with E-state index >= 15 is 0 Å². The highest BCUT2D eigenvalue weighted by Gasteiger charge is 2.11. The first-order chi connectivity index (χ1) is 11.5. The van der Waals surface area contributed by atoms with Crippen molar-refractivity contribution >= 4 is 0 Å². The van der Waals surface area contributed by atoms with Crippen LogP contribution in [0.2, 0.25) is 0 Å². The molecule has 0 amide bonds. The first kappa shape index (κ1) is 16.0. The van der Waals surface area contributed by atoms with Crippen molar-refractivity contribution in [2.75, 3.05) is 6.61 Å². The van der Waals surface area contributed by atoms with E-state index in [1.165, 1.54) is 0 Å². The highest BCUT2D eigenvalue weighted by Crippen LogP contribution is 2.28. The van der Waals surface area contributed by atoms with Gasteiger partial charge in [-0.15, -0.1) is 0 Å². The van der Waals surface area contributed by atoms with Crippen LogP contribution in [0.5, 0.6) is 5.75 Å². The molecule has 0 radical (unpaired) electrons. The van der Waals surface area contributed by atoms with Crippen molar-refractivity contribution in [1.82, 2.24) is 15.3 Å². The first-order valence-corrected chi connectivity index (χ1v) is 7.75. The molecule has 3 rings (SSSR count). The molecule has 0 aliphatic heterocycles. The van der Waals surface area contributed by atoms with Crippen LogP contribution in [-0.4, -0.2) is 21.9 Å². The maximum absolute atomic E-state index is 11.1. The van der Waals surface area contributed by atoms with Crippen LogP contribution < -0.4 is 10.5 Å². The maximum atomic E-state index is 11.1. The van der Waals surface area contributed by atoms with Gasteiger partial charge in [-0.3, -0.25) is 9.51 Å². The summed E-state index contributed by atoms with van der Waals surface area (Å²) in [5, 5.41) is 7.58. The molecule has 7 nitrogen and oxygen atoms in total. The summed E-state index contributed by atoms with van der Waals surface area (Å²) in [5.41, 5.74) is 3.63. The highest BCUT2D eigenvalue weighted by molar-refractivity contribution is 5.60. The van der Waals surface area contributed by atoms with E-state index in [4.69, 9.17) is 9.26 Å². The molecule has 0 aliphatic carbocycles. The molecular weight excluding hydrogens is 310 g/mol. The second kappa shape index (κ2) is 6.74. The van der Waals surface area contributed by atoms with Crippen LogP contribution in [-0.2, 0) is 6.42 Å². The zero-order valence-electron chi connectivity index (χ0n) is 13.9. The van der Waals surface area contributed by atoms with Crippen molar-refractivity contribution < 1.29 is 13.8 Å². The largest absolute Gasteiger partial charge is 0.493 e. The van der Waals surface area contributed by atoms with E-state index in [0.717, 1.165) is 46.7 Å². The van der Waals surface area contributed by atoms with Gasteiger partial charge in [0.05, 0.1) is 12.3 Å². The standard InChI is InChI=1S/C17H19N3O4/c1-10-7-13(16-18-17(21)24-20-16)8-11(2)15(10)22-6-4-5-14-9-12(3)19-23-14/h7-9H,4-6H2,1-3H3,(H,18,20,21). The third kappa shape index (κ3) is 3.56. The van der Waals surface area contributed by atoms with Crippen molar-refractivity contribution in [2.24, 2.45) is 0 Å². The number of aryl methyl sites for hydroxylation is 4. The fourth-order valence-electron chi connectivity index (χ4n) is 2.62. The third-order valence-electron chi connectivity index (χ3n) is 3.66. The Kier molecular flexibility index (Phi) is 4.50. The van der Waals surface area contributed by atoms with Gasteiger partial charge in [0.15, 0.2) is 5.82 Å². The molecule has 3 aromatic rings. The number of benzene rings is 1. The monoisotopic (exact) mass is 329 g/mol. The number of H-pyrrole nitrogens is 1. The van der Waals surface area contributed by atoms with Crippen LogP contribution in [0.3, 0.4) is 0 Å². The molecule has 0 spiro atoms. The van der Waals surface area contributed by atoms with Gasteiger partial charge in [-0.2, -0.15) is 0 Å². The molecule has 0 aliphatic rings. The summed E-state index contributed by atoms with van der Waals surface area (Å²) in [4.78, 5) is 13.6. The molecule has 24 heavy (non-hydrogen) atoms. The molecule has 0 unspecified atom stereocenters. The van der Waals surface area contributed by atoms with Crippen molar-refractivity contribution in [2.45, 2.75) is 33.6 Å². The number of hydrogen-bond donors (Lipinski definition) is 1. The second-order valence-electron chi connectivity index (χ2n) is 5.77. The van der Waals surface area contributed by atoms with Crippen molar-refractivity contribution in [3.05, 3.63) is 51.3 Å². The van der Waals surface area contributed by atoms with Crippen molar-refractivity contribution in [3.8, 4) is 17.1 Å². The van der Waals surface area contributed by atoms with Crippen molar-refractivity contribution in [3.63, 3.8) is 0 Å². The van der Waals surface area contributed by atoms with Crippen LogP contribution in [0.25, 0.3) is 11.4 Å². The summed E-state index contributed by atoms with van der Waals surface area (Å²) in [7, 11) is 0. The van der Waals surface area contributed by atoms with Gasteiger partial charge >= 0.3 is 5.76 Å². The highest BCUT2D eigenvalue weighted by atomic mass is 16.5. The Morgan fingerprint density at radius 3 is 2.42 bits per heavy atom. The van der Waals surface area contributed by atoms with Crippen LogP contribution in [0, 0.1) is 20.8 Å². The summed E-state index contributed by atoms with van der Waals surface area (Å²) in [6.45, 7) is 6.41. The number of ether oxygens (including phenoxy) is 1. The lowest BCUT2D eigenvalue weighted by Gasteiger charge is -2.13. The van der Waals surface area contributed by atoms with E-state index in [1.807, 2.05) is 39.0 Å². The number of rotatable bonds is 6. The lowest BCUT2D eigenvalue weighted by molar-refractivity contribution is 0.296.